The van der Waals surface area contributed by atoms with Gasteiger partial charge in [-0.05, 0) is 18.9 Å². The zero-order valence-corrected chi connectivity index (χ0v) is 11.7. The second kappa shape index (κ2) is 5.03. The monoisotopic (exact) mass is 295 g/mol. The Labute approximate surface area is 120 Å². The van der Waals surface area contributed by atoms with Crippen LogP contribution in [0.2, 0.25) is 5.02 Å². The van der Waals surface area contributed by atoms with E-state index in [9.17, 15) is 4.79 Å². The first-order valence-corrected chi connectivity index (χ1v) is 6.88. The summed E-state index contributed by atoms with van der Waals surface area (Å²) in [6.45, 7) is 2.74. The molecule has 3 rings (SSSR count). The van der Waals surface area contributed by atoms with Crippen molar-refractivity contribution < 1.29 is 14.6 Å². The molecular formula is C13H14ClN3O3. The molecule has 1 saturated heterocycles. The molecule has 1 fully saturated rings. The van der Waals surface area contributed by atoms with Crippen LogP contribution in [-0.2, 0) is 4.74 Å². The van der Waals surface area contributed by atoms with Gasteiger partial charge in [0, 0.05) is 18.7 Å². The van der Waals surface area contributed by atoms with Crippen LogP contribution in [-0.4, -0.2) is 38.4 Å². The fraction of sp³-hybridized carbons (Fsp3) is 0.462. The molecule has 20 heavy (non-hydrogen) atoms. The molecule has 7 heteroatoms. The van der Waals surface area contributed by atoms with Crippen molar-refractivity contribution in [2.24, 2.45) is 0 Å². The van der Waals surface area contributed by atoms with Gasteiger partial charge in [-0.3, -0.25) is 4.40 Å². The highest BCUT2D eigenvalue weighted by Crippen LogP contribution is 2.33. The highest BCUT2D eigenvalue weighted by Gasteiger charge is 2.32. The van der Waals surface area contributed by atoms with E-state index in [-0.39, 0.29) is 22.6 Å². The number of aromatic nitrogens is 3. The summed E-state index contributed by atoms with van der Waals surface area (Å²) in [6.07, 6.45) is 3.35. The number of carbonyl (C=O) groups is 1. The van der Waals surface area contributed by atoms with Gasteiger partial charge in [0.25, 0.3) is 0 Å². The first-order chi connectivity index (χ1) is 9.61. The van der Waals surface area contributed by atoms with Crippen LogP contribution in [0.15, 0.2) is 12.3 Å². The quantitative estimate of drug-likeness (QED) is 0.940. The summed E-state index contributed by atoms with van der Waals surface area (Å²) < 4.78 is 7.34. The van der Waals surface area contributed by atoms with Gasteiger partial charge in [-0.2, -0.15) is 0 Å². The number of hydrogen-bond donors (Lipinski definition) is 1. The molecule has 0 aromatic carbocycles. The molecule has 2 aromatic rings. The van der Waals surface area contributed by atoms with Crippen LogP contribution >= 0.6 is 11.6 Å². The highest BCUT2D eigenvalue weighted by atomic mass is 35.5. The van der Waals surface area contributed by atoms with E-state index in [0.717, 1.165) is 12.8 Å². The van der Waals surface area contributed by atoms with E-state index in [0.29, 0.717) is 18.1 Å². The SMILES string of the molecule is CCC1OCCC1c1nnc2c(Cl)cc(C(=O)O)cn12. The summed E-state index contributed by atoms with van der Waals surface area (Å²) >= 11 is 6.08. The Hall–Kier alpha value is -1.66. The third kappa shape index (κ3) is 2.05. The van der Waals surface area contributed by atoms with Crippen molar-refractivity contribution in [3.8, 4) is 0 Å². The predicted octanol–water partition coefficient (Wildman–Crippen LogP) is 2.36. The third-order valence-corrected chi connectivity index (χ3v) is 3.95. The topological polar surface area (TPSA) is 76.7 Å². The maximum atomic E-state index is 11.1. The standard InChI is InChI=1S/C13H14ClN3O3/c1-2-10-8(3-4-20-10)11-15-16-12-9(14)5-7(13(18)19)6-17(11)12/h5-6,8,10H,2-4H2,1H3,(H,18,19). The molecule has 1 aliphatic heterocycles. The van der Waals surface area contributed by atoms with Gasteiger partial charge in [0.05, 0.1) is 16.7 Å². The van der Waals surface area contributed by atoms with Crippen LogP contribution in [0.5, 0.6) is 0 Å². The summed E-state index contributed by atoms with van der Waals surface area (Å²) in [5, 5.41) is 17.7. The fourth-order valence-electron chi connectivity index (χ4n) is 2.69. The molecule has 106 valence electrons. The van der Waals surface area contributed by atoms with E-state index < -0.39 is 5.97 Å². The first kappa shape index (κ1) is 13.3. The number of rotatable bonds is 3. The molecule has 1 N–H and O–H groups in total. The number of carboxylic acid groups (broad SMARTS) is 1. The zero-order chi connectivity index (χ0) is 14.3. The Balaban J connectivity index is 2.14. The Bertz CT molecular complexity index is 670. The average molecular weight is 296 g/mol. The smallest absolute Gasteiger partial charge is 0.337 e. The van der Waals surface area contributed by atoms with Crippen molar-refractivity contribution in [1.29, 1.82) is 0 Å². The Morgan fingerprint density at radius 1 is 1.60 bits per heavy atom. The maximum Gasteiger partial charge on any atom is 0.337 e. The minimum absolute atomic E-state index is 0.0923. The number of halogens is 1. The summed E-state index contributed by atoms with van der Waals surface area (Å²) in [5.41, 5.74) is 0.601. The van der Waals surface area contributed by atoms with E-state index in [1.165, 1.54) is 12.3 Å². The molecular weight excluding hydrogens is 282 g/mol. The van der Waals surface area contributed by atoms with Crippen LogP contribution in [0.4, 0.5) is 0 Å². The van der Waals surface area contributed by atoms with Crippen LogP contribution in [0, 0.1) is 0 Å². The predicted molar refractivity (Wildman–Crippen MR) is 72.3 cm³/mol. The van der Waals surface area contributed by atoms with Gasteiger partial charge in [0.2, 0.25) is 0 Å². The number of nitrogens with zero attached hydrogens (tertiary/aromatic N) is 3. The molecule has 6 nitrogen and oxygen atoms in total. The van der Waals surface area contributed by atoms with E-state index in [4.69, 9.17) is 21.4 Å². The van der Waals surface area contributed by atoms with Crippen molar-refractivity contribution in [2.75, 3.05) is 6.61 Å². The van der Waals surface area contributed by atoms with Gasteiger partial charge < -0.3 is 9.84 Å². The second-order valence-corrected chi connectivity index (χ2v) is 5.25. The number of carboxylic acids is 1. The summed E-state index contributed by atoms with van der Waals surface area (Å²) in [5.74, 6) is -0.187. The summed E-state index contributed by atoms with van der Waals surface area (Å²) in [7, 11) is 0. The van der Waals surface area contributed by atoms with Gasteiger partial charge in [0.15, 0.2) is 5.65 Å². The first-order valence-electron chi connectivity index (χ1n) is 6.51. The molecule has 0 bridgehead atoms. The highest BCUT2D eigenvalue weighted by molar-refractivity contribution is 6.33. The second-order valence-electron chi connectivity index (χ2n) is 4.85. The lowest BCUT2D eigenvalue weighted by Crippen LogP contribution is -2.16. The van der Waals surface area contributed by atoms with Crippen molar-refractivity contribution in [1.82, 2.24) is 14.6 Å². The van der Waals surface area contributed by atoms with Crippen LogP contribution in [0.25, 0.3) is 5.65 Å². The lowest BCUT2D eigenvalue weighted by molar-refractivity contribution is 0.0696. The third-order valence-electron chi connectivity index (χ3n) is 3.68. The Morgan fingerprint density at radius 3 is 3.10 bits per heavy atom. The van der Waals surface area contributed by atoms with Crippen molar-refractivity contribution >= 4 is 23.2 Å². The zero-order valence-electron chi connectivity index (χ0n) is 10.9. The lowest BCUT2D eigenvalue weighted by Gasteiger charge is -2.15. The molecule has 0 spiro atoms. The van der Waals surface area contributed by atoms with Crippen molar-refractivity contribution in [3.05, 3.63) is 28.7 Å². The molecule has 3 heterocycles. The molecule has 1 aliphatic rings. The molecule has 0 amide bonds. The number of fused-ring (bicyclic) bond motifs is 1. The van der Waals surface area contributed by atoms with E-state index in [2.05, 4.69) is 17.1 Å². The number of pyridine rings is 1. The number of aromatic carboxylic acids is 1. The molecule has 0 saturated carbocycles. The minimum Gasteiger partial charge on any atom is -0.478 e. The summed E-state index contributed by atoms with van der Waals surface area (Å²) in [4.78, 5) is 11.1. The molecule has 2 atom stereocenters. The Kier molecular flexibility index (Phi) is 3.35. The fourth-order valence-corrected chi connectivity index (χ4v) is 2.93. The van der Waals surface area contributed by atoms with Gasteiger partial charge in [-0.25, -0.2) is 4.79 Å². The van der Waals surface area contributed by atoms with Gasteiger partial charge in [-0.1, -0.05) is 18.5 Å². The van der Waals surface area contributed by atoms with Crippen LogP contribution in [0.1, 0.15) is 41.9 Å². The van der Waals surface area contributed by atoms with E-state index in [1.54, 1.807) is 4.40 Å². The number of ether oxygens (including phenoxy) is 1. The molecule has 2 unspecified atom stereocenters. The van der Waals surface area contributed by atoms with Gasteiger partial charge >= 0.3 is 5.97 Å². The normalized spacial score (nSPS) is 22.5. The van der Waals surface area contributed by atoms with Crippen molar-refractivity contribution in [3.63, 3.8) is 0 Å². The van der Waals surface area contributed by atoms with Crippen LogP contribution < -0.4 is 0 Å². The summed E-state index contributed by atoms with van der Waals surface area (Å²) in [6, 6.07) is 1.39. The van der Waals surface area contributed by atoms with Gasteiger partial charge in [0.1, 0.15) is 5.82 Å². The van der Waals surface area contributed by atoms with E-state index >= 15 is 0 Å². The van der Waals surface area contributed by atoms with Gasteiger partial charge in [-0.15, -0.1) is 10.2 Å². The Morgan fingerprint density at radius 2 is 2.40 bits per heavy atom. The van der Waals surface area contributed by atoms with Crippen molar-refractivity contribution in [2.45, 2.75) is 31.8 Å². The average Bonchev–Trinajstić information content (AvgIpc) is 3.03. The molecule has 2 aromatic heterocycles. The maximum absolute atomic E-state index is 11.1. The minimum atomic E-state index is -1.02. The molecule has 0 aliphatic carbocycles. The largest absolute Gasteiger partial charge is 0.478 e. The van der Waals surface area contributed by atoms with E-state index in [1.807, 2.05) is 0 Å². The molecule has 0 radical (unpaired) electrons. The lowest BCUT2D eigenvalue weighted by atomic mass is 9.99. The van der Waals surface area contributed by atoms with Crippen LogP contribution in [0.3, 0.4) is 0 Å². The number of hydrogen-bond acceptors (Lipinski definition) is 4.